The van der Waals surface area contributed by atoms with Crippen molar-refractivity contribution in [1.82, 2.24) is 5.32 Å². The van der Waals surface area contributed by atoms with E-state index in [4.69, 9.17) is 14.0 Å². The number of nitrogens with one attached hydrogen (secondary N) is 1. The van der Waals surface area contributed by atoms with E-state index in [0.717, 1.165) is 5.46 Å². The van der Waals surface area contributed by atoms with E-state index < -0.39 is 35.6 Å². The van der Waals surface area contributed by atoms with Crippen LogP contribution < -0.4 is 10.8 Å². The summed E-state index contributed by atoms with van der Waals surface area (Å²) in [7, 11) is -0.469. The average molecular weight is 387 g/mol. The van der Waals surface area contributed by atoms with E-state index in [1.54, 1.807) is 32.9 Å². The van der Waals surface area contributed by atoms with Gasteiger partial charge >= 0.3 is 13.2 Å². The molecule has 0 unspecified atom stereocenters. The zero-order valence-electron chi connectivity index (χ0n) is 17.8. The number of hydrogen-bond acceptors (Lipinski definition) is 5. The van der Waals surface area contributed by atoms with Gasteiger partial charge in [0.1, 0.15) is 11.1 Å². The Kier molecular flexibility index (Phi) is 4.92. The highest BCUT2D eigenvalue weighted by Crippen LogP contribution is 2.39. The minimum Gasteiger partial charge on any atom is -0.444 e. The van der Waals surface area contributed by atoms with Crippen LogP contribution in [0.3, 0.4) is 0 Å². The van der Waals surface area contributed by atoms with E-state index in [2.05, 4.69) is 5.32 Å². The summed E-state index contributed by atoms with van der Waals surface area (Å²) in [6, 6.07) is 7.22. The molecule has 0 aromatic heterocycles. The SMILES string of the molecule is CC(C)(C)OC(=O)NC1(C(=O)c2ccc(B3OC(C)(C)C(C)(C)O3)cc2)CC1. The number of Topliss-reactive ketones (excluding diaryl/α,β-unsaturated/α-hetero) is 1. The first kappa shape index (κ1) is 20.9. The van der Waals surface area contributed by atoms with Crippen LogP contribution in [0.1, 0.15) is 71.7 Å². The smallest absolute Gasteiger partial charge is 0.444 e. The predicted molar refractivity (Wildman–Crippen MR) is 108 cm³/mol. The van der Waals surface area contributed by atoms with E-state index in [-0.39, 0.29) is 5.78 Å². The Bertz CT molecular complexity index is 759. The maximum Gasteiger partial charge on any atom is 0.494 e. The molecule has 1 aliphatic heterocycles. The van der Waals surface area contributed by atoms with E-state index in [9.17, 15) is 9.59 Å². The van der Waals surface area contributed by atoms with Crippen molar-refractivity contribution in [3.63, 3.8) is 0 Å². The van der Waals surface area contributed by atoms with Gasteiger partial charge < -0.3 is 19.4 Å². The van der Waals surface area contributed by atoms with Gasteiger partial charge in [-0.3, -0.25) is 4.79 Å². The lowest BCUT2D eigenvalue weighted by Crippen LogP contribution is -2.45. The fourth-order valence-corrected chi connectivity index (χ4v) is 3.08. The molecule has 1 N–H and O–H groups in total. The van der Waals surface area contributed by atoms with Crippen molar-refractivity contribution in [1.29, 1.82) is 0 Å². The number of hydrogen-bond donors (Lipinski definition) is 1. The van der Waals surface area contributed by atoms with Gasteiger partial charge in [-0.05, 0) is 66.8 Å². The molecule has 1 heterocycles. The fourth-order valence-electron chi connectivity index (χ4n) is 3.08. The van der Waals surface area contributed by atoms with Crippen LogP contribution in [0.2, 0.25) is 0 Å². The van der Waals surface area contributed by atoms with Gasteiger partial charge in [-0.2, -0.15) is 0 Å². The van der Waals surface area contributed by atoms with Gasteiger partial charge in [-0.15, -0.1) is 0 Å². The summed E-state index contributed by atoms with van der Waals surface area (Å²) in [6.45, 7) is 13.4. The quantitative estimate of drug-likeness (QED) is 0.634. The lowest BCUT2D eigenvalue weighted by Gasteiger charge is -2.32. The van der Waals surface area contributed by atoms with Crippen LogP contribution in [0.5, 0.6) is 0 Å². The minimum atomic E-state index is -0.853. The Hall–Kier alpha value is -1.86. The molecule has 0 bridgehead atoms. The number of amides is 1. The van der Waals surface area contributed by atoms with Crippen molar-refractivity contribution in [2.75, 3.05) is 0 Å². The molecule has 2 fully saturated rings. The molecule has 0 radical (unpaired) electrons. The van der Waals surface area contributed by atoms with Gasteiger partial charge in [0, 0.05) is 5.56 Å². The van der Waals surface area contributed by atoms with Crippen LogP contribution in [0, 0.1) is 0 Å². The first-order chi connectivity index (χ1) is 12.7. The molecule has 0 spiro atoms. The van der Waals surface area contributed by atoms with Crippen LogP contribution >= 0.6 is 0 Å². The van der Waals surface area contributed by atoms with Crippen molar-refractivity contribution >= 4 is 24.5 Å². The Morgan fingerprint density at radius 2 is 1.50 bits per heavy atom. The molecule has 152 valence electrons. The highest BCUT2D eigenvalue weighted by molar-refractivity contribution is 6.62. The monoisotopic (exact) mass is 387 g/mol. The number of ether oxygens (including phenoxy) is 1. The van der Waals surface area contributed by atoms with Gasteiger partial charge in [0.25, 0.3) is 0 Å². The van der Waals surface area contributed by atoms with Crippen molar-refractivity contribution in [3.05, 3.63) is 29.8 Å². The van der Waals surface area contributed by atoms with E-state index in [1.807, 2.05) is 39.8 Å². The van der Waals surface area contributed by atoms with Crippen LogP contribution in [-0.4, -0.2) is 41.3 Å². The average Bonchev–Trinajstić information content (AvgIpc) is 3.27. The second-order valence-electron chi connectivity index (χ2n) is 9.75. The molecule has 7 heteroatoms. The first-order valence-corrected chi connectivity index (χ1v) is 9.76. The molecule has 1 aromatic rings. The normalized spacial score (nSPS) is 21.9. The molecular weight excluding hydrogens is 357 g/mol. The van der Waals surface area contributed by atoms with Crippen LogP contribution in [-0.2, 0) is 14.0 Å². The molecule has 1 saturated carbocycles. The summed E-state index contributed by atoms with van der Waals surface area (Å²) in [5, 5.41) is 2.75. The van der Waals surface area contributed by atoms with Gasteiger partial charge in [-0.1, -0.05) is 24.3 Å². The van der Waals surface area contributed by atoms with Crippen LogP contribution in [0.4, 0.5) is 4.79 Å². The van der Waals surface area contributed by atoms with Crippen molar-refractivity contribution in [2.45, 2.75) is 83.6 Å². The Labute approximate surface area is 167 Å². The highest BCUT2D eigenvalue weighted by atomic mass is 16.7. The van der Waals surface area contributed by atoms with E-state index in [0.29, 0.717) is 18.4 Å². The molecule has 1 saturated heterocycles. The fraction of sp³-hybridized carbons (Fsp3) is 0.619. The molecule has 2 aliphatic rings. The molecule has 1 aliphatic carbocycles. The number of rotatable bonds is 4. The predicted octanol–water partition coefficient (Wildman–Crippen LogP) is 3.23. The topological polar surface area (TPSA) is 73.9 Å². The van der Waals surface area contributed by atoms with Crippen LogP contribution in [0.15, 0.2) is 24.3 Å². The third-order valence-electron chi connectivity index (χ3n) is 5.62. The first-order valence-electron chi connectivity index (χ1n) is 9.76. The zero-order chi connectivity index (χ0) is 21.0. The number of carbonyl (C=O) groups is 2. The summed E-state index contributed by atoms with van der Waals surface area (Å²) in [5.74, 6) is -0.0983. The van der Waals surface area contributed by atoms with Gasteiger partial charge in [0.2, 0.25) is 0 Å². The van der Waals surface area contributed by atoms with Gasteiger partial charge in [0.15, 0.2) is 5.78 Å². The van der Waals surface area contributed by atoms with E-state index in [1.165, 1.54) is 0 Å². The van der Waals surface area contributed by atoms with Crippen molar-refractivity contribution < 1.29 is 23.6 Å². The van der Waals surface area contributed by atoms with Crippen LogP contribution in [0.25, 0.3) is 0 Å². The van der Waals surface area contributed by atoms with Gasteiger partial charge in [-0.25, -0.2) is 4.79 Å². The second kappa shape index (κ2) is 6.60. The number of alkyl carbamates (subject to hydrolysis) is 1. The van der Waals surface area contributed by atoms with Crippen molar-refractivity contribution in [3.8, 4) is 0 Å². The molecule has 1 amide bonds. The van der Waals surface area contributed by atoms with Gasteiger partial charge in [0.05, 0.1) is 11.2 Å². The number of benzene rings is 1. The maximum atomic E-state index is 12.9. The largest absolute Gasteiger partial charge is 0.494 e. The Morgan fingerprint density at radius 1 is 1.00 bits per heavy atom. The second-order valence-corrected chi connectivity index (χ2v) is 9.75. The number of carbonyl (C=O) groups excluding carboxylic acids is 2. The molecule has 6 nitrogen and oxygen atoms in total. The standard InChI is InChI=1S/C21H30BNO5/c1-18(2,3)26-17(25)23-21(12-13-21)16(24)14-8-10-15(11-9-14)22-27-19(4,5)20(6,7)28-22/h8-11H,12-13H2,1-7H3,(H,23,25). The molecule has 0 atom stereocenters. The van der Waals surface area contributed by atoms with Crippen molar-refractivity contribution in [2.24, 2.45) is 0 Å². The number of ketones is 1. The molecular formula is C21H30BNO5. The maximum absolute atomic E-state index is 12.9. The summed E-state index contributed by atoms with van der Waals surface area (Å²) >= 11 is 0. The van der Waals surface area contributed by atoms with E-state index >= 15 is 0 Å². The lowest BCUT2D eigenvalue weighted by atomic mass is 9.78. The molecule has 3 rings (SSSR count). The Morgan fingerprint density at radius 3 is 1.93 bits per heavy atom. The summed E-state index contributed by atoms with van der Waals surface area (Å²) < 4.78 is 17.4. The Balaban J connectivity index is 1.69. The molecule has 28 heavy (non-hydrogen) atoms. The third kappa shape index (κ3) is 4.10. The summed E-state index contributed by atoms with van der Waals surface area (Å²) in [4.78, 5) is 25.0. The highest BCUT2D eigenvalue weighted by Gasteiger charge is 2.53. The third-order valence-corrected chi connectivity index (χ3v) is 5.62. The summed E-state index contributed by atoms with van der Waals surface area (Å²) in [6.07, 6.45) is 0.667. The minimum absolute atomic E-state index is 0.0983. The molecule has 1 aromatic carbocycles. The zero-order valence-corrected chi connectivity index (χ0v) is 17.8. The summed E-state index contributed by atoms with van der Waals surface area (Å²) in [5.41, 5.74) is -0.876. The lowest BCUT2D eigenvalue weighted by molar-refractivity contribution is 0.00578.